The molecule has 20 heavy (non-hydrogen) atoms. The number of aryl methyl sites for hydroxylation is 1. The number of hydrogen-bond donors (Lipinski definition) is 0. The zero-order valence-corrected chi connectivity index (χ0v) is 11.6. The Labute approximate surface area is 121 Å². The van der Waals surface area contributed by atoms with Gasteiger partial charge in [-0.2, -0.15) is 5.10 Å². The summed E-state index contributed by atoms with van der Waals surface area (Å²) in [5.41, 5.74) is 3.91. The molecule has 100 valence electrons. The van der Waals surface area contributed by atoms with Gasteiger partial charge < -0.3 is 0 Å². The molecule has 0 atom stereocenters. The number of hydrogen-bond acceptors (Lipinski definition) is 1. The fourth-order valence-electron chi connectivity index (χ4n) is 2.07. The van der Waals surface area contributed by atoms with Crippen molar-refractivity contribution in [1.29, 1.82) is 0 Å². The van der Waals surface area contributed by atoms with Crippen LogP contribution in [0.2, 0.25) is 5.02 Å². The van der Waals surface area contributed by atoms with E-state index in [9.17, 15) is 4.39 Å². The van der Waals surface area contributed by atoms with Gasteiger partial charge in [0.15, 0.2) is 0 Å². The molecule has 4 heteroatoms. The molecule has 0 aliphatic heterocycles. The third-order valence-electron chi connectivity index (χ3n) is 3.10. The standard InChI is InChI=1S/C16H12ClFN2/c1-11-3-2-4-12(7-11)13-9-19-20(10-13)14-5-6-15(17)16(18)8-14/h2-10H,1H3. The van der Waals surface area contributed by atoms with Gasteiger partial charge in [-0.3, -0.25) is 0 Å². The van der Waals surface area contributed by atoms with Crippen molar-refractivity contribution in [2.75, 3.05) is 0 Å². The highest BCUT2D eigenvalue weighted by molar-refractivity contribution is 6.30. The lowest BCUT2D eigenvalue weighted by atomic mass is 10.1. The summed E-state index contributed by atoms with van der Waals surface area (Å²) >= 11 is 5.68. The Hall–Kier alpha value is -2.13. The van der Waals surface area contributed by atoms with Crippen LogP contribution in [0.25, 0.3) is 16.8 Å². The molecule has 0 spiro atoms. The minimum absolute atomic E-state index is 0.111. The summed E-state index contributed by atoms with van der Waals surface area (Å²) in [6.07, 6.45) is 3.64. The van der Waals surface area contributed by atoms with Crippen molar-refractivity contribution in [2.45, 2.75) is 6.92 Å². The number of halogens is 2. The van der Waals surface area contributed by atoms with Crippen LogP contribution in [0, 0.1) is 12.7 Å². The molecule has 0 bridgehead atoms. The minimum atomic E-state index is -0.447. The fourth-order valence-corrected chi connectivity index (χ4v) is 2.18. The van der Waals surface area contributed by atoms with Crippen LogP contribution in [0.5, 0.6) is 0 Å². The van der Waals surface area contributed by atoms with Crippen molar-refractivity contribution >= 4 is 11.6 Å². The van der Waals surface area contributed by atoms with E-state index in [1.54, 1.807) is 16.9 Å². The SMILES string of the molecule is Cc1cccc(-c2cnn(-c3ccc(Cl)c(F)c3)c2)c1. The normalized spacial score (nSPS) is 10.8. The molecular weight excluding hydrogens is 275 g/mol. The summed E-state index contributed by atoms with van der Waals surface area (Å²) in [6.45, 7) is 2.04. The van der Waals surface area contributed by atoms with Gasteiger partial charge in [0, 0.05) is 17.8 Å². The quantitative estimate of drug-likeness (QED) is 0.671. The molecule has 3 aromatic rings. The first-order chi connectivity index (χ1) is 9.63. The summed E-state index contributed by atoms with van der Waals surface area (Å²) in [7, 11) is 0. The highest BCUT2D eigenvalue weighted by Crippen LogP contribution is 2.22. The lowest BCUT2D eigenvalue weighted by Gasteiger charge is -2.02. The lowest BCUT2D eigenvalue weighted by molar-refractivity contribution is 0.626. The largest absolute Gasteiger partial charge is 0.240 e. The molecule has 0 aliphatic carbocycles. The number of nitrogens with zero attached hydrogens (tertiary/aromatic N) is 2. The van der Waals surface area contributed by atoms with Gasteiger partial charge in [0.05, 0.1) is 16.9 Å². The molecule has 2 aromatic carbocycles. The zero-order chi connectivity index (χ0) is 14.1. The molecule has 0 amide bonds. The maximum atomic E-state index is 13.5. The van der Waals surface area contributed by atoms with Crippen molar-refractivity contribution in [1.82, 2.24) is 9.78 Å². The van der Waals surface area contributed by atoms with Gasteiger partial charge in [0.1, 0.15) is 5.82 Å². The molecule has 1 heterocycles. The van der Waals surface area contributed by atoms with Crippen molar-refractivity contribution in [3.05, 3.63) is 71.3 Å². The molecule has 0 fully saturated rings. The Balaban J connectivity index is 1.99. The van der Waals surface area contributed by atoms with Crippen LogP contribution in [-0.4, -0.2) is 9.78 Å². The smallest absolute Gasteiger partial charge is 0.143 e. The number of aromatic nitrogens is 2. The summed E-state index contributed by atoms with van der Waals surface area (Å²) in [5, 5.41) is 4.38. The third kappa shape index (κ3) is 2.45. The number of benzene rings is 2. The summed E-state index contributed by atoms with van der Waals surface area (Å²) < 4.78 is 15.1. The van der Waals surface area contributed by atoms with Crippen LogP contribution in [0.1, 0.15) is 5.56 Å². The Morgan fingerprint density at radius 3 is 2.70 bits per heavy atom. The first-order valence-corrected chi connectivity index (χ1v) is 6.58. The van der Waals surface area contributed by atoms with E-state index >= 15 is 0 Å². The van der Waals surface area contributed by atoms with Gasteiger partial charge in [-0.25, -0.2) is 9.07 Å². The summed E-state index contributed by atoms with van der Waals surface area (Å²) in [6, 6.07) is 12.8. The highest BCUT2D eigenvalue weighted by Gasteiger charge is 2.06. The summed E-state index contributed by atoms with van der Waals surface area (Å²) in [4.78, 5) is 0. The van der Waals surface area contributed by atoms with Crippen molar-refractivity contribution in [3.63, 3.8) is 0 Å². The van der Waals surface area contributed by atoms with Crippen LogP contribution in [0.3, 0.4) is 0 Å². The Morgan fingerprint density at radius 1 is 1.10 bits per heavy atom. The highest BCUT2D eigenvalue weighted by atomic mass is 35.5. The molecule has 0 unspecified atom stereocenters. The summed E-state index contributed by atoms with van der Waals surface area (Å²) in [5.74, 6) is -0.447. The molecule has 0 saturated carbocycles. The molecule has 0 saturated heterocycles. The molecule has 0 N–H and O–H groups in total. The monoisotopic (exact) mass is 286 g/mol. The van der Waals surface area contributed by atoms with E-state index < -0.39 is 5.82 Å². The number of rotatable bonds is 2. The Bertz CT molecular complexity index is 765. The second-order valence-corrected chi connectivity index (χ2v) is 5.05. The van der Waals surface area contributed by atoms with E-state index in [2.05, 4.69) is 11.2 Å². The van der Waals surface area contributed by atoms with Crippen LogP contribution in [-0.2, 0) is 0 Å². The Morgan fingerprint density at radius 2 is 1.95 bits per heavy atom. The van der Waals surface area contributed by atoms with Gasteiger partial charge >= 0.3 is 0 Å². The predicted molar refractivity (Wildman–Crippen MR) is 78.7 cm³/mol. The van der Waals surface area contributed by atoms with Gasteiger partial charge in [0.25, 0.3) is 0 Å². The van der Waals surface area contributed by atoms with E-state index in [1.165, 1.54) is 17.7 Å². The predicted octanol–water partition coefficient (Wildman–Crippen LogP) is 4.64. The lowest BCUT2D eigenvalue weighted by Crippen LogP contribution is -1.94. The topological polar surface area (TPSA) is 17.8 Å². The van der Waals surface area contributed by atoms with Crippen LogP contribution < -0.4 is 0 Å². The minimum Gasteiger partial charge on any atom is -0.240 e. The maximum Gasteiger partial charge on any atom is 0.143 e. The second-order valence-electron chi connectivity index (χ2n) is 4.64. The maximum absolute atomic E-state index is 13.5. The fraction of sp³-hybridized carbons (Fsp3) is 0.0625. The van der Waals surface area contributed by atoms with E-state index in [-0.39, 0.29) is 5.02 Å². The van der Waals surface area contributed by atoms with Crippen LogP contribution in [0.15, 0.2) is 54.9 Å². The van der Waals surface area contributed by atoms with Gasteiger partial charge in [0.2, 0.25) is 0 Å². The van der Waals surface area contributed by atoms with E-state index in [1.807, 2.05) is 31.3 Å². The third-order valence-corrected chi connectivity index (χ3v) is 3.41. The average Bonchev–Trinajstić information content (AvgIpc) is 2.92. The van der Waals surface area contributed by atoms with Crippen LogP contribution in [0.4, 0.5) is 4.39 Å². The second kappa shape index (κ2) is 5.10. The average molecular weight is 287 g/mol. The Kier molecular flexibility index (Phi) is 3.28. The molecule has 3 rings (SSSR count). The van der Waals surface area contributed by atoms with Gasteiger partial charge in [-0.15, -0.1) is 0 Å². The van der Waals surface area contributed by atoms with Gasteiger partial charge in [-0.1, -0.05) is 41.4 Å². The molecular formula is C16H12ClFN2. The molecule has 2 nitrogen and oxygen atoms in total. The van der Waals surface area contributed by atoms with Crippen molar-refractivity contribution in [3.8, 4) is 16.8 Å². The first-order valence-electron chi connectivity index (χ1n) is 6.20. The van der Waals surface area contributed by atoms with E-state index in [4.69, 9.17) is 11.6 Å². The first kappa shape index (κ1) is 12.9. The molecule has 1 aromatic heterocycles. The molecule has 0 radical (unpaired) electrons. The van der Waals surface area contributed by atoms with Gasteiger partial charge in [-0.05, 0) is 24.6 Å². The molecule has 0 aliphatic rings. The zero-order valence-electron chi connectivity index (χ0n) is 10.8. The van der Waals surface area contributed by atoms with Crippen LogP contribution >= 0.6 is 11.6 Å². The van der Waals surface area contributed by atoms with Crippen molar-refractivity contribution < 1.29 is 4.39 Å². The van der Waals surface area contributed by atoms with Crippen molar-refractivity contribution in [2.24, 2.45) is 0 Å². The van der Waals surface area contributed by atoms with E-state index in [0.717, 1.165) is 11.1 Å². The van der Waals surface area contributed by atoms with E-state index in [0.29, 0.717) is 5.69 Å².